The Labute approximate surface area is 781 Å². The molecule has 0 saturated carbocycles. The second-order valence-electron chi connectivity index (χ2n) is 38.4. The lowest BCUT2D eigenvalue weighted by Gasteiger charge is -2.35. The van der Waals surface area contributed by atoms with Gasteiger partial charge in [-0.2, -0.15) is 0 Å². The summed E-state index contributed by atoms with van der Waals surface area (Å²) in [6.45, 7) is 26.9. The van der Waals surface area contributed by atoms with Gasteiger partial charge >= 0.3 is 0 Å². The normalized spacial score (nSPS) is 13.0. The van der Waals surface area contributed by atoms with Gasteiger partial charge in [0.25, 0.3) is 20.1 Å². The van der Waals surface area contributed by atoms with Gasteiger partial charge in [0, 0.05) is 96.5 Å². The molecule has 0 spiro atoms. The fourth-order valence-corrected chi connectivity index (χ4v) is 21.1. The number of anilines is 6. The Hall–Kier alpha value is -15.3. The number of ether oxygens (including phenoxy) is 6. The summed E-state index contributed by atoms with van der Waals surface area (Å²) in [5.41, 5.74) is 30.8. The molecular weight excluding hydrogens is 1640 g/mol. The summed E-state index contributed by atoms with van der Waals surface area (Å²) in [6.07, 6.45) is 0. The summed E-state index contributed by atoms with van der Waals surface area (Å²) in [4.78, 5) is 4.50. The summed E-state index contributed by atoms with van der Waals surface area (Å²) in [6, 6.07) is 121. The quantitative estimate of drug-likeness (QED) is 0.104. The van der Waals surface area contributed by atoms with Gasteiger partial charge in [0.2, 0.25) is 0 Å². The van der Waals surface area contributed by atoms with Crippen molar-refractivity contribution in [2.24, 2.45) is 0 Å². The van der Waals surface area contributed by atoms with Gasteiger partial charge in [-0.05, 0) is 199 Å². The van der Waals surface area contributed by atoms with Crippen molar-refractivity contribution in [1.82, 2.24) is 4.57 Å². The molecule has 20 aromatic rings. The van der Waals surface area contributed by atoms with Crippen LogP contribution in [-0.2, 0) is 0 Å². The molecule has 0 saturated heterocycles. The van der Waals surface area contributed by atoms with E-state index in [2.05, 4.69) is 401 Å². The van der Waals surface area contributed by atoms with Crippen LogP contribution >= 0.6 is 0 Å². The number of fused-ring (bicyclic) bond motifs is 21. The van der Waals surface area contributed by atoms with Crippen molar-refractivity contribution in [1.29, 1.82) is 0 Å². The molecule has 650 valence electrons. The summed E-state index contributed by atoms with van der Waals surface area (Å²) >= 11 is 0. The van der Waals surface area contributed by atoms with Gasteiger partial charge in [-0.25, -0.2) is 0 Å². The van der Waals surface area contributed by atoms with Crippen molar-refractivity contribution < 1.29 is 37.3 Å². The first-order chi connectivity index (χ1) is 65.4. The number of hydrogen-bond acceptors (Lipinski definition) is 10. The molecule has 6 aliphatic rings. The maximum atomic E-state index is 6.86. The maximum Gasteiger partial charge on any atom is 0.260 e. The molecule has 26 rings (SSSR count). The average Bonchev–Trinajstić information content (AvgIpc) is 0.947. The zero-order valence-corrected chi connectivity index (χ0v) is 77.1. The molecule has 11 nitrogen and oxygen atoms in total. The van der Waals surface area contributed by atoms with Crippen molar-refractivity contribution in [2.75, 3.05) is 9.80 Å². The number of para-hydroxylation sites is 8. The molecule has 0 fully saturated rings. The molecule has 0 aliphatic carbocycles. The van der Waals surface area contributed by atoms with Crippen LogP contribution < -0.4 is 87.4 Å². The number of hydrogen-bond donors (Lipinski definition) is 0. The minimum Gasteiger partial charge on any atom is -0.458 e. The number of benzene rings is 17. The molecule has 134 heavy (non-hydrogen) atoms. The highest BCUT2D eigenvalue weighted by atomic mass is 16.5. The van der Waals surface area contributed by atoms with E-state index in [1.54, 1.807) is 0 Å². The highest BCUT2D eigenvalue weighted by Gasteiger charge is 2.46. The van der Waals surface area contributed by atoms with E-state index in [9.17, 15) is 0 Å². The second-order valence-corrected chi connectivity index (χ2v) is 38.4. The van der Waals surface area contributed by atoms with Crippen molar-refractivity contribution in [2.45, 2.75) is 119 Å². The zero-order valence-electron chi connectivity index (χ0n) is 77.1. The van der Waals surface area contributed by atoms with Gasteiger partial charge in [-0.1, -0.05) is 289 Å². The SMILES string of the molecule is CC(C)c1ccc2c(c1)B1c3cc(C(C)C)ccc3Oc3cc(-n4c5ccccc5c5ccccc54)cc(c31)O2.CC(C)c1ccc2c(c1)B1c3cc(C(C)C)ccc3Oc3cc(N(c4ccccc4)c4cccc5c4oc4ccccc45)cc(c31)O2.CC(C)c1ccc2c(c1)Oc1cc(N(c3ccccc3)c3cccc4c3oc3ccccc34)cc3c1B2c1ccc(C(C)C)cc1O3. The van der Waals surface area contributed by atoms with Crippen molar-refractivity contribution in [3.05, 3.63) is 373 Å². The minimum absolute atomic E-state index is 0.00271. The lowest BCUT2D eigenvalue weighted by molar-refractivity contribution is 0.463. The van der Waals surface area contributed by atoms with Crippen LogP contribution in [-0.4, -0.2) is 24.7 Å². The van der Waals surface area contributed by atoms with Gasteiger partial charge in [0.05, 0.1) is 39.5 Å². The predicted octanol–water partition coefficient (Wildman–Crippen LogP) is 27.8. The van der Waals surface area contributed by atoms with Crippen molar-refractivity contribution >= 4 is 169 Å². The van der Waals surface area contributed by atoms with E-state index in [0.717, 1.165) is 169 Å². The fraction of sp³-hybridized carbons (Fsp3) is 0.150. The Kier molecular flexibility index (Phi) is 19.8. The van der Waals surface area contributed by atoms with E-state index >= 15 is 0 Å². The largest absolute Gasteiger partial charge is 0.458 e. The smallest absolute Gasteiger partial charge is 0.260 e. The Balaban J connectivity index is 0.000000111. The molecule has 0 atom stereocenters. The molecule has 0 bridgehead atoms. The summed E-state index contributed by atoms with van der Waals surface area (Å²) in [5.74, 6) is 12.9. The molecule has 14 heteroatoms. The Morgan fingerprint density at radius 2 is 0.500 bits per heavy atom. The van der Waals surface area contributed by atoms with Crippen LogP contribution in [0.1, 0.15) is 152 Å². The average molecular weight is 1740 g/mol. The van der Waals surface area contributed by atoms with E-state index in [0.29, 0.717) is 35.5 Å². The first kappa shape index (κ1) is 81.9. The van der Waals surface area contributed by atoms with E-state index in [4.69, 9.17) is 37.3 Å². The fourth-order valence-electron chi connectivity index (χ4n) is 21.1. The van der Waals surface area contributed by atoms with E-state index in [1.165, 1.54) is 88.0 Å². The minimum atomic E-state index is 0.00271. The van der Waals surface area contributed by atoms with Gasteiger partial charge in [-0.3, -0.25) is 0 Å². The number of nitrogens with zero attached hydrogens (tertiary/aromatic N) is 3. The molecule has 6 aliphatic heterocycles. The maximum absolute atomic E-state index is 6.86. The molecule has 9 heterocycles. The monoisotopic (exact) mass is 1740 g/mol. The van der Waals surface area contributed by atoms with E-state index in [-0.39, 0.29) is 20.1 Å². The first-order valence-corrected chi connectivity index (χ1v) is 47.3. The van der Waals surface area contributed by atoms with Crippen LogP contribution in [0.2, 0.25) is 0 Å². The van der Waals surface area contributed by atoms with Crippen LogP contribution in [0.15, 0.2) is 349 Å². The topological polar surface area (TPSA) is 93.1 Å². The highest BCUT2D eigenvalue weighted by Crippen LogP contribution is 2.51. The third kappa shape index (κ3) is 13.6. The lowest BCUT2D eigenvalue weighted by atomic mass is 9.34. The third-order valence-electron chi connectivity index (χ3n) is 28.2. The third-order valence-corrected chi connectivity index (χ3v) is 28.2. The first-order valence-electron chi connectivity index (χ1n) is 47.3. The Morgan fingerprint density at radius 1 is 0.216 bits per heavy atom. The molecule has 0 unspecified atom stereocenters. The van der Waals surface area contributed by atoms with Crippen LogP contribution in [0.3, 0.4) is 0 Å². The van der Waals surface area contributed by atoms with Gasteiger partial charge < -0.3 is 51.6 Å². The van der Waals surface area contributed by atoms with Crippen LogP contribution in [0, 0.1) is 0 Å². The summed E-state index contributed by atoms with van der Waals surface area (Å²) in [7, 11) is 0. The van der Waals surface area contributed by atoms with Gasteiger partial charge in [-0.15, -0.1) is 0 Å². The molecule has 3 aromatic heterocycles. The molecular formula is C120H98B3N3O8. The zero-order chi connectivity index (χ0) is 90.7. The van der Waals surface area contributed by atoms with E-state index in [1.807, 2.05) is 36.4 Å². The van der Waals surface area contributed by atoms with Crippen LogP contribution in [0.5, 0.6) is 69.0 Å². The lowest BCUT2D eigenvalue weighted by Crippen LogP contribution is -2.57. The number of aromatic nitrogens is 1. The Bertz CT molecular complexity index is 7870. The number of furan rings is 2. The summed E-state index contributed by atoms with van der Waals surface area (Å²) < 4.78 is 56.3. The Morgan fingerprint density at radius 3 is 0.851 bits per heavy atom. The van der Waals surface area contributed by atoms with E-state index < -0.39 is 0 Å². The molecule has 0 radical (unpaired) electrons. The standard InChI is InChI=1S/2C42H34BNO3.C36H30BNO2/c1-25(2)27-17-19-37-33(21-27)43-34-22-28(26(3)4)18-20-38(34)46-40-24-30(23-39(45-37)41(40)43)44(29-11-6-5-7-12-29)35-15-10-14-32-31-13-8-9-16-36(31)47-42(32)35;1-25(2)27-17-19-33-37(21-27)45-39-23-30(24-40-41(39)43(33)34-20-18-28(26(3)4)22-38(34)46-40)44(29-11-6-5-7-12-29)35-15-10-14-32-31-13-8-9-16-36(31)47-42(32)35;1-21(2)23-13-15-32-28(17-23)37-29-18-24(22(3)4)14-16-33(29)40-35-20-25(19-34(39-32)36(35)37)38-30-11-7-5-9-26(30)27-10-6-8-12-31(27)38/h2*5-26H,1-4H3;5-22H,1-4H3. The van der Waals surface area contributed by atoms with Crippen molar-refractivity contribution in [3.8, 4) is 74.7 Å². The highest BCUT2D eigenvalue weighted by molar-refractivity contribution is 6.99. The van der Waals surface area contributed by atoms with Crippen molar-refractivity contribution in [3.63, 3.8) is 0 Å². The van der Waals surface area contributed by atoms with Gasteiger partial charge in [0.1, 0.15) is 80.2 Å². The molecule has 17 aromatic carbocycles. The van der Waals surface area contributed by atoms with Gasteiger partial charge in [0.15, 0.2) is 11.2 Å². The number of rotatable bonds is 13. The second kappa shape index (κ2) is 32.3. The summed E-state index contributed by atoms with van der Waals surface area (Å²) in [5, 5.41) is 6.83. The molecule has 0 N–H and O–H groups in total. The molecule has 0 amide bonds. The van der Waals surface area contributed by atoms with Crippen LogP contribution in [0.25, 0.3) is 71.4 Å². The predicted molar refractivity (Wildman–Crippen MR) is 555 cm³/mol. The van der Waals surface area contributed by atoms with Crippen LogP contribution in [0.4, 0.5) is 34.1 Å².